The van der Waals surface area contributed by atoms with Gasteiger partial charge >= 0.3 is 6.09 Å². The average molecular weight is 620 g/mol. The van der Waals surface area contributed by atoms with Crippen LogP contribution in [0.1, 0.15) is 72.3 Å². The summed E-state index contributed by atoms with van der Waals surface area (Å²) in [6, 6.07) is 5.40. The molecule has 3 atom stereocenters. The van der Waals surface area contributed by atoms with E-state index in [-0.39, 0.29) is 43.5 Å². The number of carbonyl (C=O) groups excluding carboxylic acids is 3. The van der Waals surface area contributed by atoms with Crippen LogP contribution in [0.3, 0.4) is 0 Å². The minimum Gasteiger partial charge on any atom is -0.493 e. The molecule has 0 radical (unpaired) electrons. The fourth-order valence-electron chi connectivity index (χ4n) is 5.53. The number of rotatable bonds is 15. The maximum atomic E-state index is 14.2. The maximum Gasteiger partial charge on any atom is 0.410 e. The van der Waals surface area contributed by atoms with E-state index in [1.165, 1.54) is 4.90 Å². The summed E-state index contributed by atoms with van der Waals surface area (Å²) in [5.74, 6) is -0.0261. The van der Waals surface area contributed by atoms with Gasteiger partial charge in [0.05, 0.1) is 38.2 Å². The molecular weight excluding hydrogens is 566 g/mol. The van der Waals surface area contributed by atoms with Crippen LogP contribution < -0.4 is 14.8 Å². The van der Waals surface area contributed by atoms with Gasteiger partial charge in [-0.05, 0) is 70.1 Å². The third kappa shape index (κ3) is 10.8. The molecule has 248 valence electrons. The number of benzene rings is 1. The average Bonchev–Trinajstić information content (AvgIpc) is 3.82. The molecule has 1 saturated heterocycles. The van der Waals surface area contributed by atoms with Crippen molar-refractivity contribution in [1.82, 2.24) is 15.1 Å². The highest BCUT2D eigenvalue weighted by atomic mass is 16.6. The number of likely N-dealkylation sites (tertiary alicyclic amines) is 1. The van der Waals surface area contributed by atoms with Gasteiger partial charge in [-0.25, -0.2) is 4.79 Å². The standard InChI is InChI=1S/C33H53N3O8/c1-22(2)15-26(21-37)34-30(38)24-17-25(20-35(19-24)32(40)44-33(3,4)5)31(39)36(27-10-11-27)18-23-9-12-28(29(16-23)42-7)43-14-8-13-41-6/h9,12,16,22,24-27,37H,8,10-11,13-15,17-21H2,1-7H3,(H,34,38)/t24?,25-,26?/m1/s1. The van der Waals surface area contributed by atoms with Crippen LogP contribution in [-0.4, -0.2) is 97.6 Å². The Kier molecular flexibility index (Phi) is 13.1. The van der Waals surface area contributed by atoms with Gasteiger partial charge in [0.2, 0.25) is 11.8 Å². The predicted molar refractivity (Wildman–Crippen MR) is 166 cm³/mol. The van der Waals surface area contributed by atoms with Crippen molar-refractivity contribution in [3.05, 3.63) is 23.8 Å². The number of hydrogen-bond acceptors (Lipinski definition) is 8. The van der Waals surface area contributed by atoms with Gasteiger partial charge in [0.25, 0.3) is 0 Å². The number of amides is 3. The highest BCUT2D eigenvalue weighted by Crippen LogP contribution is 2.35. The van der Waals surface area contributed by atoms with Crippen molar-refractivity contribution in [3.8, 4) is 11.5 Å². The molecule has 1 aliphatic carbocycles. The molecule has 44 heavy (non-hydrogen) atoms. The molecule has 3 amide bonds. The normalized spacial score (nSPS) is 19.3. The third-order valence-corrected chi connectivity index (χ3v) is 7.75. The van der Waals surface area contributed by atoms with Gasteiger partial charge in [-0.15, -0.1) is 0 Å². The molecule has 1 aromatic carbocycles. The lowest BCUT2D eigenvalue weighted by atomic mass is 9.87. The summed E-state index contributed by atoms with van der Waals surface area (Å²) in [6.45, 7) is 11.1. The zero-order valence-corrected chi connectivity index (χ0v) is 27.6. The number of methoxy groups -OCH3 is 2. The van der Waals surface area contributed by atoms with Crippen molar-refractivity contribution in [2.24, 2.45) is 17.8 Å². The van der Waals surface area contributed by atoms with Crippen molar-refractivity contribution in [1.29, 1.82) is 0 Å². The van der Waals surface area contributed by atoms with Crippen LogP contribution in [0.4, 0.5) is 4.79 Å². The molecular formula is C33H53N3O8. The first-order valence-electron chi connectivity index (χ1n) is 15.8. The Morgan fingerprint density at radius 3 is 2.36 bits per heavy atom. The summed E-state index contributed by atoms with van der Waals surface area (Å²) in [5, 5.41) is 12.8. The zero-order valence-electron chi connectivity index (χ0n) is 27.6. The second-order valence-electron chi connectivity index (χ2n) is 13.4. The lowest BCUT2D eigenvalue weighted by Crippen LogP contribution is -2.54. The molecule has 2 aliphatic rings. The van der Waals surface area contributed by atoms with Crippen molar-refractivity contribution < 1.29 is 38.4 Å². The van der Waals surface area contributed by atoms with Crippen LogP contribution in [0.15, 0.2) is 18.2 Å². The number of carbonyl (C=O) groups is 3. The van der Waals surface area contributed by atoms with Gasteiger partial charge in [0, 0.05) is 45.8 Å². The number of aliphatic hydroxyl groups is 1. The van der Waals surface area contributed by atoms with Crippen LogP contribution in [0.2, 0.25) is 0 Å². The fraction of sp³-hybridized carbons (Fsp3) is 0.727. The van der Waals surface area contributed by atoms with Crippen LogP contribution in [0.25, 0.3) is 0 Å². The highest BCUT2D eigenvalue weighted by molar-refractivity contribution is 5.84. The summed E-state index contributed by atoms with van der Waals surface area (Å²) in [7, 11) is 3.24. The van der Waals surface area contributed by atoms with Crippen LogP contribution >= 0.6 is 0 Å². The molecule has 2 unspecified atom stereocenters. The Hall–Kier alpha value is -3.05. The largest absolute Gasteiger partial charge is 0.493 e. The van der Waals surface area contributed by atoms with Crippen molar-refractivity contribution in [2.45, 2.75) is 91.0 Å². The Labute approximate surface area is 262 Å². The molecule has 2 N–H and O–H groups in total. The minimum absolute atomic E-state index is 0.0849. The fourth-order valence-corrected chi connectivity index (χ4v) is 5.53. The lowest BCUT2D eigenvalue weighted by molar-refractivity contribution is -0.140. The Balaban J connectivity index is 1.79. The first-order chi connectivity index (χ1) is 20.8. The molecule has 0 bridgehead atoms. The summed E-state index contributed by atoms with van der Waals surface area (Å²) in [4.78, 5) is 44.1. The zero-order chi connectivity index (χ0) is 32.4. The predicted octanol–water partition coefficient (Wildman–Crippen LogP) is 4.00. The van der Waals surface area contributed by atoms with Gasteiger partial charge in [-0.3, -0.25) is 9.59 Å². The molecule has 11 heteroatoms. The van der Waals surface area contributed by atoms with E-state index in [4.69, 9.17) is 18.9 Å². The summed E-state index contributed by atoms with van der Waals surface area (Å²) in [5.41, 5.74) is 0.184. The Bertz CT molecular complexity index is 1100. The summed E-state index contributed by atoms with van der Waals surface area (Å²) >= 11 is 0. The quantitative estimate of drug-likeness (QED) is 0.282. The summed E-state index contributed by atoms with van der Waals surface area (Å²) < 4.78 is 22.2. The molecule has 1 aliphatic heterocycles. The molecule has 1 saturated carbocycles. The third-order valence-electron chi connectivity index (χ3n) is 7.75. The van der Waals surface area contributed by atoms with Crippen molar-refractivity contribution in [3.63, 3.8) is 0 Å². The van der Waals surface area contributed by atoms with Gasteiger partial charge in [-0.1, -0.05) is 19.9 Å². The maximum absolute atomic E-state index is 14.2. The van der Waals surface area contributed by atoms with E-state index in [1.807, 2.05) is 36.9 Å². The van der Waals surface area contributed by atoms with E-state index >= 15 is 0 Å². The first kappa shape index (κ1) is 35.4. The van der Waals surface area contributed by atoms with Gasteiger partial charge in [0.1, 0.15) is 5.60 Å². The molecule has 1 heterocycles. The number of nitrogens with one attached hydrogen (secondary N) is 1. The molecule has 3 rings (SSSR count). The number of ether oxygens (including phenoxy) is 4. The molecule has 1 aromatic rings. The van der Waals surface area contributed by atoms with E-state index in [1.54, 1.807) is 35.0 Å². The molecule has 0 aromatic heterocycles. The first-order valence-corrected chi connectivity index (χ1v) is 15.8. The van der Waals surface area contributed by atoms with E-state index in [9.17, 15) is 19.5 Å². The highest BCUT2D eigenvalue weighted by Gasteiger charge is 2.43. The molecule has 11 nitrogen and oxygen atoms in total. The number of piperidine rings is 1. The number of nitrogens with zero attached hydrogens (tertiary/aromatic N) is 2. The molecule has 2 fully saturated rings. The van der Waals surface area contributed by atoms with E-state index in [0.717, 1.165) is 24.8 Å². The lowest BCUT2D eigenvalue weighted by Gasteiger charge is -2.39. The topological polar surface area (TPSA) is 127 Å². The van der Waals surface area contributed by atoms with Crippen molar-refractivity contribution >= 4 is 17.9 Å². The van der Waals surface area contributed by atoms with E-state index in [0.29, 0.717) is 44.1 Å². The SMILES string of the molecule is COCCCOc1ccc(CN(C(=O)[C@@H]2CC(C(=O)NC(CO)CC(C)C)CN(C(=O)OC(C)(C)C)C2)C2CC2)cc1OC. The second kappa shape index (κ2) is 16.3. The van der Waals surface area contributed by atoms with E-state index in [2.05, 4.69) is 5.32 Å². The van der Waals surface area contributed by atoms with Crippen LogP contribution in [-0.2, 0) is 25.6 Å². The van der Waals surface area contributed by atoms with Gasteiger partial charge in [0.15, 0.2) is 11.5 Å². The Morgan fingerprint density at radius 1 is 1.07 bits per heavy atom. The number of hydrogen-bond donors (Lipinski definition) is 2. The van der Waals surface area contributed by atoms with Gasteiger partial charge < -0.3 is 39.2 Å². The minimum atomic E-state index is -0.718. The molecule has 0 spiro atoms. The van der Waals surface area contributed by atoms with Crippen LogP contribution in [0.5, 0.6) is 11.5 Å². The van der Waals surface area contributed by atoms with E-state index < -0.39 is 29.6 Å². The summed E-state index contributed by atoms with van der Waals surface area (Å²) in [6.07, 6.45) is 2.96. The monoisotopic (exact) mass is 619 g/mol. The second-order valence-corrected chi connectivity index (χ2v) is 13.4. The van der Waals surface area contributed by atoms with Gasteiger partial charge in [-0.2, -0.15) is 0 Å². The number of aliphatic hydroxyl groups excluding tert-OH is 1. The smallest absolute Gasteiger partial charge is 0.410 e. The van der Waals surface area contributed by atoms with Crippen LogP contribution in [0, 0.1) is 17.8 Å². The Morgan fingerprint density at radius 2 is 1.77 bits per heavy atom. The van der Waals surface area contributed by atoms with Crippen molar-refractivity contribution in [2.75, 3.05) is 47.1 Å².